The van der Waals surface area contributed by atoms with Crippen LogP contribution in [0.25, 0.3) is 12.2 Å². The molecule has 0 aliphatic heterocycles. The van der Waals surface area contributed by atoms with Crippen molar-refractivity contribution in [1.29, 1.82) is 0 Å². The van der Waals surface area contributed by atoms with Crippen molar-refractivity contribution < 1.29 is 9.13 Å². The molecule has 0 amide bonds. The van der Waals surface area contributed by atoms with Gasteiger partial charge < -0.3 is 4.90 Å². The maximum Gasteiger partial charge on any atom is 0.297 e. The average molecular weight is 384 g/mol. The lowest BCUT2D eigenvalue weighted by atomic mass is 10.1. The van der Waals surface area contributed by atoms with Crippen LogP contribution in [0.15, 0.2) is 64.6 Å². The summed E-state index contributed by atoms with van der Waals surface area (Å²) in [5, 5.41) is 2.13. The predicted octanol–water partition coefficient (Wildman–Crippen LogP) is 3.80. The van der Waals surface area contributed by atoms with Gasteiger partial charge >= 0.3 is 0 Å². The second kappa shape index (κ2) is 9.01. The molecule has 3 rings (SSSR count). The van der Waals surface area contributed by atoms with E-state index < -0.39 is 0 Å². The van der Waals surface area contributed by atoms with E-state index in [9.17, 15) is 0 Å². The molecular formula is C21H25N3S2+2. The second-order valence-electron chi connectivity index (χ2n) is 6.21. The summed E-state index contributed by atoms with van der Waals surface area (Å²) in [5.74, 6) is 1.08. The van der Waals surface area contributed by atoms with Gasteiger partial charge in [-0.1, -0.05) is 23.5 Å². The maximum absolute atomic E-state index is 2.31. The Kier molecular flexibility index (Phi) is 6.47. The number of hydrogen-bond donors (Lipinski definition) is 0. The normalized spacial score (nSPS) is 11.2. The molecule has 2 aromatic heterocycles. The number of rotatable bonds is 7. The molecule has 0 bridgehead atoms. The Labute approximate surface area is 164 Å². The molecule has 26 heavy (non-hydrogen) atoms. The van der Waals surface area contributed by atoms with Crippen LogP contribution < -0.4 is 14.0 Å². The molecule has 0 aliphatic rings. The van der Waals surface area contributed by atoms with Crippen molar-refractivity contribution in [2.45, 2.75) is 4.34 Å². The first-order valence-electron chi connectivity index (χ1n) is 8.63. The average Bonchev–Trinajstić information content (AvgIpc) is 3.06. The van der Waals surface area contributed by atoms with Crippen molar-refractivity contribution in [3.05, 3.63) is 71.5 Å². The first kappa shape index (κ1) is 18.7. The third-order valence-electron chi connectivity index (χ3n) is 4.27. The fourth-order valence-electron chi connectivity index (χ4n) is 2.59. The van der Waals surface area contributed by atoms with Gasteiger partial charge in [0.2, 0.25) is 5.69 Å². The van der Waals surface area contributed by atoms with E-state index in [1.165, 1.54) is 21.3 Å². The fourth-order valence-corrected chi connectivity index (χ4v) is 4.67. The van der Waals surface area contributed by atoms with Crippen LogP contribution in [0.2, 0.25) is 0 Å². The maximum atomic E-state index is 2.31. The Hall–Kier alpha value is -2.11. The summed E-state index contributed by atoms with van der Waals surface area (Å²) in [6, 6.07) is 15.0. The smallest absolute Gasteiger partial charge is 0.297 e. The van der Waals surface area contributed by atoms with Crippen LogP contribution in [0, 0.1) is 0 Å². The van der Waals surface area contributed by atoms with Crippen LogP contribution in [0.4, 0.5) is 5.69 Å². The van der Waals surface area contributed by atoms with Crippen molar-refractivity contribution in [3.8, 4) is 0 Å². The molecule has 0 saturated carbocycles. The Bertz CT molecular complexity index is 869. The largest absolute Gasteiger partial charge is 0.374 e. The van der Waals surface area contributed by atoms with Gasteiger partial charge in [0.25, 0.3) is 4.34 Å². The number of aryl methyl sites for hydroxylation is 2. The molecule has 1 aromatic carbocycles. The van der Waals surface area contributed by atoms with Crippen LogP contribution in [-0.4, -0.2) is 19.3 Å². The summed E-state index contributed by atoms with van der Waals surface area (Å²) in [5.41, 5.74) is 3.65. The van der Waals surface area contributed by atoms with Gasteiger partial charge in [-0.3, -0.25) is 0 Å². The summed E-state index contributed by atoms with van der Waals surface area (Å²) < 4.78 is 5.65. The standard InChI is InChI=1S/C21H25N3S2/c1-22-13-5-4-6-19(22)10-7-18-8-11-20(12-9-18)23(2)14-16-25-21-24(3)15-17-26-21/h4-13,15,17H,14,16H2,1-3H3/q+2. The zero-order valence-corrected chi connectivity index (χ0v) is 17.1. The molecule has 0 unspecified atom stereocenters. The van der Waals surface area contributed by atoms with Gasteiger partial charge in [0.05, 0.1) is 5.38 Å². The minimum Gasteiger partial charge on any atom is -0.374 e. The number of benzene rings is 1. The molecular weight excluding hydrogens is 358 g/mol. The highest BCUT2D eigenvalue weighted by atomic mass is 32.2. The van der Waals surface area contributed by atoms with Crippen molar-refractivity contribution in [2.75, 3.05) is 24.2 Å². The van der Waals surface area contributed by atoms with E-state index in [0.717, 1.165) is 12.3 Å². The van der Waals surface area contributed by atoms with Crippen LogP contribution in [0.3, 0.4) is 0 Å². The van der Waals surface area contributed by atoms with Gasteiger partial charge in [-0.25, -0.2) is 4.57 Å². The Morgan fingerprint density at radius 3 is 2.50 bits per heavy atom. The molecule has 0 atom stereocenters. The van der Waals surface area contributed by atoms with E-state index in [2.05, 4.69) is 102 Å². The van der Waals surface area contributed by atoms with E-state index in [0.29, 0.717) is 0 Å². The number of thioether (sulfide) groups is 1. The van der Waals surface area contributed by atoms with E-state index in [1.54, 1.807) is 11.3 Å². The zero-order chi connectivity index (χ0) is 18.4. The molecule has 0 radical (unpaired) electrons. The number of hydrogen-bond acceptors (Lipinski definition) is 3. The summed E-state index contributed by atoms with van der Waals surface area (Å²) in [4.78, 5) is 2.31. The van der Waals surface area contributed by atoms with Crippen LogP contribution >= 0.6 is 23.1 Å². The predicted molar refractivity (Wildman–Crippen MR) is 112 cm³/mol. The highest BCUT2D eigenvalue weighted by Crippen LogP contribution is 2.20. The summed E-state index contributed by atoms with van der Waals surface area (Å²) in [7, 11) is 6.32. The first-order chi connectivity index (χ1) is 12.6. The third kappa shape index (κ3) is 4.96. The molecule has 0 saturated heterocycles. The zero-order valence-electron chi connectivity index (χ0n) is 15.5. The lowest BCUT2D eigenvalue weighted by Gasteiger charge is -2.18. The Balaban J connectivity index is 1.55. The second-order valence-corrected chi connectivity index (χ2v) is 8.45. The topological polar surface area (TPSA) is 11.0 Å². The Morgan fingerprint density at radius 1 is 1.00 bits per heavy atom. The third-order valence-corrected chi connectivity index (χ3v) is 6.58. The molecule has 134 valence electrons. The van der Waals surface area contributed by atoms with Crippen LogP contribution in [0.5, 0.6) is 0 Å². The monoisotopic (exact) mass is 383 g/mol. The van der Waals surface area contributed by atoms with E-state index in [4.69, 9.17) is 0 Å². The minimum absolute atomic E-state index is 1.03. The van der Waals surface area contributed by atoms with Crippen molar-refractivity contribution in [1.82, 2.24) is 0 Å². The van der Waals surface area contributed by atoms with Gasteiger partial charge in [-0.15, -0.1) is 0 Å². The fraction of sp³-hybridized carbons (Fsp3) is 0.238. The lowest BCUT2D eigenvalue weighted by molar-refractivity contribution is -0.702. The highest BCUT2D eigenvalue weighted by Gasteiger charge is 2.09. The van der Waals surface area contributed by atoms with Gasteiger partial charge in [-0.05, 0) is 41.6 Å². The number of pyridine rings is 1. The number of thiazole rings is 1. The quantitative estimate of drug-likeness (QED) is 0.454. The number of aromatic nitrogens is 2. The van der Waals surface area contributed by atoms with Gasteiger partial charge in [0.15, 0.2) is 12.4 Å². The van der Waals surface area contributed by atoms with Gasteiger partial charge in [0, 0.05) is 43.2 Å². The molecule has 5 heteroatoms. The van der Waals surface area contributed by atoms with Crippen LogP contribution in [0.1, 0.15) is 11.3 Å². The number of anilines is 1. The summed E-state index contributed by atoms with van der Waals surface area (Å²) in [6.45, 7) is 1.03. The van der Waals surface area contributed by atoms with Gasteiger partial charge in [0.1, 0.15) is 14.1 Å². The van der Waals surface area contributed by atoms with Crippen molar-refractivity contribution in [2.24, 2.45) is 14.1 Å². The lowest BCUT2D eigenvalue weighted by Crippen LogP contribution is -2.30. The van der Waals surface area contributed by atoms with Crippen LogP contribution in [-0.2, 0) is 14.1 Å². The van der Waals surface area contributed by atoms with Crippen molar-refractivity contribution in [3.63, 3.8) is 0 Å². The first-order valence-corrected chi connectivity index (χ1v) is 10.5. The molecule has 0 fully saturated rings. The summed E-state index contributed by atoms with van der Waals surface area (Å²) in [6.07, 6.45) is 8.48. The molecule has 3 nitrogen and oxygen atoms in total. The van der Waals surface area contributed by atoms with E-state index in [1.807, 2.05) is 17.8 Å². The SMILES string of the molecule is CN(CCSc1scc[n+]1C)c1ccc(/C=C/c2cccc[n+]2C)cc1. The molecule has 0 spiro atoms. The van der Waals surface area contributed by atoms with Crippen molar-refractivity contribution >= 4 is 40.9 Å². The van der Waals surface area contributed by atoms with Gasteiger partial charge in [-0.2, -0.15) is 4.57 Å². The molecule has 3 aromatic rings. The van der Waals surface area contributed by atoms with E-state index in [-0.39, 0.29) is 0 Å². The minimum atomic E-state index is 1.03. The number of nitrogens with zero attached hydrogens (tertiary/aromatic N) is 3. The highest BCUT2D eigenvalue weighted by molar-refractivity contribution is 8.00. The summed E-state index contributed by atoms with van der Waals surface area (Å²) >= 11 is 3.71. The molecule has 0 N–H and O–H groups in total. The Morgan fingerprint density at radius 2 is 1.81 bits per heavy atom. The van der Waals surface area contributed by atoms with E-state index >= 15 is 0 Å². The molecule has 0 aliphatic carbocycles. The molecule has 2 heterocycles.